The average molecular weight is 543 g/mol. The Morgan fingerprint density at radius 3 is 2.72 bits per heavy atom. The van der Waals surface area contributed by atoms with Gasteiger partial charge in [0.05, 0.1) is 19.4 Å². The Morgan fingerprint density at radius 2 is 1.97 bits per heavy atom. The van der Waals surface area contributed by atoms with Crippen molar-refractivity contribution in [3.8, 4) is 5.75 Å². The number of benzene rings is 2. The van der Waals surface area contributed by atoms with E-state index in [-0.39, 0.29) is 0 Å². The molecule has 0 radical (unpaired) electrons. The van der Waals surface area contributed by atoms with Crippen molar-refractivity contribution in [1.82, 2.24) is 5.01 Å². The molecule has 1 aliphatic heterocycles. The quantitative estimate of drug-likeness (QED) is 0.130. The molecule has 4 rings (SSSR count). The minimum atomic E-state index is -0.649. The molecule has 1 heterocycles. The van der Waals surface area contributed by atoms with Crippen LogP contribution < -0.4 is 4.74 Å². The third-order valence-electron chi connectivity index (χ3n) is 6.91. The van der Waals surface area contributed by atoms with Crippen LogP contribution >= 0.6 is 11.6 Å². The first-order valence-electron chi connectivity index (χ1n) is 13.6. The molecular formula is C34H39ClN2O2. The van der Waals surface area contributed by atoms with Crippen LogP contribution in [-0.4, -0.2) is 35.9 Å². The van der Waals surface area contributed by atoms with Crippen LogP contribution in [0.2, 0.25) is 0 Å². The maximum atomic E-state index is 6.86. The predicted octanol–water partition coefficient (Wildman–Crippen LogP) is 8.86. The lowest BCUT2D eigenvalue weighted by atomic mass is 9.92. The Kier molecular flexibility index (Phi) is 9.53. The number of hydrogen-bond donors (Lipinski definition) is 0. The molecule has 2 aliphatic rings. The van der Waals surface area contributed by atoms with E-state index in [9.17, 15) is 0 Å². The number of rotatable bonds is 10. The number of allylic oxidation sites excluding steroid dienone is 9. The van der Waals surface area contributed by atoms with Crippen molar-refractivity contribution in [3.63, 3.8) is 0 Å². The largest absolute Gasteiger partial charge is 0.497 e. The number of halogens is 1. The third-order valence-corrected chi connectivity index (χ3v) is 7.25. The molecule has 0 saturated carbocycles. The highest BCUT2D eigenvalue weighted by atomic mass is 35.5. The van der Waals surface area contributed by atoms with E-state index < -0.39 is 5.60 Å². The molecule has 1 aliphatic carbocycles. The number of fused-ring (bicyclic) bond motifs is 1. The lowest BCUT2D eigenvalue weighted by Crippen LogP contribution is -2.41. The lowest BCUT2D eigenvalue weighted by molar-refractivity contribution is 0.0656. The van der Waals surface area contributed by atoms with Crippen LogP contribution in [0.25, 0.3) is 10.8 Å². The molecule has 5 heteroatoms. The molecule has 0 N–H and O–H groups in total. The maximum Gasteiger partial charge on any atom is 0.169 e. The summed E-state index contributed by atoms with van der Waals surface area (Å²) in [7, 11) is 1.69. The molecule has 0 fully saturated rings. The van der Waals surface area contributed by atoms with Crippen molar-refractivity contribution in [2.45, 2.75) is 52.1 Å². The first kappa shape index (κ1) is 28.5. The molecule has 0 saturated heterocycles. The molecule has 0 spiro atoms. The summed E-state index contributed by atoms with van der Waals surface area (Å²) < 4.78 is 12.3. The highest BCUT2D eigenvalue weighted by Crippen LogP contribution is 2.35. The Bertz CT molecular complexity index is 1400. The number of ether oxygens (including phenoxy) is 2. The summed E-state index contributed by atoms with van der Waals surface area (Å²) in [5, 5.41) is 9.55. The van der Waals surface area contributed by atoms with Crippen LogP contribution in [0.15, 0.2) is 113 Å². The van der Waals surface area contributed by atoms with E-state index in [4.69, 9.17) is 26.2 Å². The SMILES string of the molecule is C=C(C)/C=C\C/C(=C\CC)O[C@]1(C)CN(/C2=C/C=C\C/C(CCl)=C\C2)N=C1c1ccc2cc(OC)ccc2c1. The monoisotopic (exact) mass is 542 g/mol. The first-order valence-corrected chi connectivity index (χ1v) is 14.1. The molecular weight excluding hydrogens is 504 g/mol. The summed E-state index contributed by atoms with van der Waals surface area (Å²) in [6.07, 6.45) is 18.2. The van der Waals surface area contributed by atoms with Gasteiger partial charge in [0, 0.05) is 30.0 Å². The van der Waals surface area contributed by atoms with Gasteiger partial charge in [0.15, 0.2) is 5.60 Å². The van der Waals surface area contributed by atoms with Gasteiger partial charge in [-0.25, -0.2) is 0 Å². The first-order chi connectivity index (χ1) is 18.8. The van der Waals surface area contributed by atoms with E-state index in [1.807, 2.05) is 19.1 Å². The summed E-state index contributed by atoms with van der Waals surface area (Å²) in [6.45, 7) is 10.9. The van der Waals surface area contributed by atoms with Gasteiger partial charge in [-0.3, -0.25) is 5.01 Å². The summed E-state index contributed by atoms with van der Waals surface area (Å²) in [6, 6.07) is 12.6. The standard InChI is InChI=1S/C34H39ClN2O2/c1-6-10-31(14-9-11-25(2)3)39-34(4)24-37(30-13-8-7-12-26(23-35)15-19-30)36-33(34)29-17-16-28-22-32(38-5)20-18-27(28)21-29/h7-11,13,15-18,20-22H,2,6,12,14,19,23-24H2,1,3-5H3/b8-7-,11-9-,26-15+,30-13+,31-10+/t34-/m1/s1. The van der Waals surface area contributed by atoms with E-state index in [0.29, 0.717) is 18.8 Å². The van der Waals surface area contributed by atoms with Gasteiger partial charge >= 0.3 is 0 Å². The molecule has 4 nitrogen and oxygen atoms in total. The van der Waals surface area contributed by atoms with Gasteiger partial charge in [-0.05, 0) is 67.8 Å². The van der Waals surface area contributed by atoms with Gasteiger partial charge < -0.3 is 9.47 Å². The summed E-state index contributed by atoms with van der Waals surface area (Å²) in [5.74, 6) is 2.32. The Hall–Kier alpha value is -3.50. The number of hydrazone groups is 1. The number of hydrogen-bond acceptors (Lipinski definition) is 4. The zero-order valence-corrected chi connectivity index (χ0v) is 24.3. The van der Waals surface area contributed by atoms with Crippen LogP contribution in [0.3, 0.4) is 0 Å². The van der Waals surface area contributed by atoms with Gasteiger partial charge in [0.25, 0.3) is 0 Å². The second-order valence-corrected chi connectivity index (χ2v) is 10.6. The van der Waals surface area contributed by atoms with Crippen LogP contribution in [0.5, 0.6) is 5.75 Å². The molecule has 0 aromatic heterocycles. The van der Waals surface area contributed by atoms with E-state index in [1.54, 1.807) is 7.11 Å². The molecule has 2 aromatic rings. The molecule has 204 valence electrons. The van der Waals surface area contributed by atoms with E-state index in [1.165, 1.54) is 5.57 Å². The molecule has 39 heavy (non-hydrogen) atoms. The fraction of sp³-hybridized carbons (Fsp3) is 0.324. The zero-order valence-electron chi connectivity index (χ0n) is 23.5. The van der Waals surface area contributed by atoms with Crippen molar-refractivity contribution in [1.29, 1.82) is 0 Å². The van der Waals surface area contributed by atoms with Gasteiger partial charge in [-0.15, -0.1) is 11.6 Å². The fourth-order valence-electron chi connectivity index (χ4n) is 4.89. The van der Waals surface area contributed by atoms with Crippen molar-refractivity contribution in [3.05, 3.63) is 114 Å². The molecule has 2 aromatic carbocycles. The minimum absolute atomic E-state index is 0.539. The van der Waals surface area contributed by atoms with Crippen LogP contribution in [0.4, 0.5) is 0 Å². The summed E-state index contributed by atoms with van der Waals surface area (Å²) >= 11 is 6.17. The molecule has 1 atom stereocenters. The number of methoxy groups -OCH3 is 1. The summed E-state index contributed by atoms with van der Waals surface area (Å²) in [4.78, 5) is 0. The van der Waals surface area contributed by atoms with Crippen LogP contribution in [0.1, 0.15) is 52.0 Å². The Labute approximate surface area is 238 Å². The highest BCUT2D eigenvalue weighted by Gasteiger charge is 2.43. The van der Waals surface area contributed by atoms with Crippen molar-refractivity contribution in [2.75, 3.05) is 19.5 Å². The van der Waals surface area contributed by atoms with Gasteiger partial charge in [0.1, 0.15) is 11.5 Å². The normalized spacial score (nSPS) is 23.5. The fourth-order valence-corrected chi connectivity index (χ4v) is 5.11. The van der Waals surface area contributed by atoms with E-state index in [0.717, 1.165) is 64.1 Å². The van der Waals surface area contributed by atoms with Crippen molar-refractivity contribution >= 4 is 28.1 Å². The highest BCUT2D eigenvalue weighted by molar-refractivity contribution is 6.19. The van der Waals surface area contributed by atoms with Crippen LogP contribution in [0, 0.1) is 0 Å². The number of alkyl halides is 1. The zero-order chi connectivity index (χ0) is 27.8. The third kappa shape index (κ3) is 7.13. The van der Waals surface area contributed by atoms with Gasteiger partial charge in [-0.1, -0.05) is 73.2 Å². The Morgan fingerprint density at radius 1 is 1.18 bits per heavy atom. The second kappa shape index (κ2) is 13.0. The molecule has 0 amide bonds. The predicted molar refractivity (Wildman–Crippen MR) is 165 cm³/mol. The second-order valence-electron chi connectivity index (χ2n) is 10.3. The van der Waals surface area contributed by atoms with Gasteiger partial charge in [-0.2, -0.15) is 5.10 Å². The Balaban J connectivity index is 1.74. The van der Waals surface area contributed by atoms with E-state index >= 15 is 0 Å². The van der Waals surface area contributed by atoms with Crippen molar-refractivity contribution < 1.29 is 9.47 Å². The lowest BCUT2D eigenvalue weighted by Gasteiger charge is -2.30. The van der Waals surface area contributed by atoms with Gasteiger partial charge in [0.2, 0.25) is 0 Å². The topological polar surface area (TPSA) is 34.1 Å². The van der Waals surface area contributed by atoms with Crippen molar-refractivity contribution in [2.24, 2.45) is 5.10 Å². The number of nitrogens with zero attached hydrogens (tertiary/aromatic N) is 2. The molecule has 0 bridgehead atoms. The minimum Gasteiger partial charge on any atom is -0.497 e. The summed E-state index contributed by atoms with van der Waals surface area (Å²) in [5.41, 5.74) is 4.68. The smallest absolute Gasteiger partial charge is 0.169 e. The molecule has 0 unspecified atom stereocenters. The van der Waals surface area contributed by atoms with Crippen LogP contribution in [-0.2, 0) is 4.74 Å². The average Bonchev–Trinajstić information content (AvgIpc) is 3.24. The van der Waals surface area contributed by atoms with E-state index in [2.05, 4.69) is 92.2 Å². The maximum absolute atomic E-state index is 6.86.